The summed E-state index contributed by atoms with van der Waals surface area (Å²) < 4.78 is 1.60. The molecular weight excluding hydrogens is 228 g/mol. The smallest absolute Gasteiger partial charge is 0.256 e. The first-order valence-corrected chi connectivity index (χ1v) is 5.80. The number of aromatic nitrogens is 3. The fourth-order valence-corrected chi connectivity index (χ4v) is 1.73. The van der Waals surface area contributed by atoms with Crippen molar-refractivity contribution in [1.29, 1.82) is 0 Å². The lowest BCUT2D eigenvalue weighted by molar-refractivity contribution is 0.0946. The van der Waals surface area contributed by atoms with Gasteiger partial charge in [-0.3, -0.25) is 9.78 Å². The molecule has 1 unspecified atom stereocenters. The third-order valence-electron chi connectivity index (χ3n) is 2.65. The van der Waals surface area contributed by atoms with Crippen LogP contribution in [0.1, 0.15) is 30.1 Å². The van der Waals surface area contributed by atoms with Gasteiger partial charge in [-0.25, -0.2) is 4.52 Å². The molecule has 92 valence electrons. The Labute approximate surface area is 105 Å². The lowest BCUT2D eigenvalue weighted by Crippen LogP contribution is -2.33. The van der Waals surface area contributed by atoms with E-state index in [-0.39, 0.29) is 11.9 Å². The van der Waals surface area contributed by atoms with E-state index in [1.165, 1.54) is 6.20 Å². The summed E-state index contributed by atoms with van der Waals surface area (Å²) >= 11 is 0. The van der Waals surface area contributed by atoms with Gasteiger partial charge in [0.15, 0.2) is 0 Å². The molecule has 1 atom stereocenters. The summed E-state index contributed by atoms with van der Waals surface area (Å²) in [7, 11) is 0. The number of nitrogens with zero attached hydrogens (tertiary/aromatic N) is 3. The summed E-state index contributed by atoms with van der Waals surface area (Å²) in [5, 5.41) is 6.89. The number of nitrogens with one attached hydrogen (secondary N) is 1. The number of amides is 1. The number of terminal acetylenes is 1. The fourth-order valence-electron chi connectivity index (χ4n) is 1.73. The number of hydrogen-bond donors (Lipinski definition) is 1. The molecule has 0 bridgehead atoms. The molecule has 1 amide bonds. The molecule has 0 fully saturated rings. The third-order valence-corrected chi connectivity index (χ3v) is 2.65. The van der Waals surface area contributed by atoms with Gasteiger partial charge >= 0.3 is 0 Å². The molecule has 2 heterocycles. The Bertz CT molecular complexity index is 596. The second kappa shape index (κ2) is 5.32. The second-order valence-corrected chi connectivity index (χ2v) is 3.95. The van der Waals surface area contributed by atoms with Crippen LogP contribution in [0, 0.1) is 12.3 Å². The van der Waals surface area contributed by atoms with E-state index >= 15 is 0 Å². The zero-order chi connectivity index (χ0) is 13.0. The van der Waals surface area contributed by atoms with Crippen molar-refractivity contribution >= 4 is 11.4 Å². The highest BCUT2D eigenvalue weighted by Crippen LogP contribution is 2.09. The van der Waals surface area contributed by atoms with E-state index in [1.807, 2.05) is 6.92 Å². The number of hydrogen-bond acceptors (Lipinski definition) is 3. The average Bonchev–Trinajstić information content (AvgIpc) is 2.82. The molecule has 1 N–H and O–H groups in total. The molecule has 0 saturated carbocycles. The van der Waals surface area contributed by atoms with E-state index in [0.29, 0.717) is 11.1 Å². The van der Waals surface area contributed by atoms with Crippen molar-refractivity contribution < 1.29 is 4.79 Å². The average molecular weight is 242 g/mol. The van der Waals surface area contributed by atoms with E-state index in [0.717, 1.165) is 12.8 Å². The van der Waals surface area contributed by atoms with Crippen LogP contribution in [0.5, 0.6) is 0 Å². The molecule has 0 aliphatic carbocycles. The Morgan fingerprint density at radius 3 is 3.17 bits per heavy atom. The van der Waals surface area contributed by atoms with Crippen LogP contribution in [0.25, 0.3) is 5.52 Å². The number of carbonyl (C=O) groups excluding carboxylic acids is 1. The zero-order valence-electron chi connectivity index (χ0n) is 10.1. The summed E-state index contributed by atoms with van der Waals surface area (Å²) in [6.45, 7) is 2.02. The van der Waals surface area contributed by atoms with Crippen molar-refractivity contribution in [3.8, 4) is 12.3 Å². The topological polar surface area (TPSA) is 59.3 Å². The first-order valence-electron chi connectivity index (χ1n) is 5.80. The second-order valence-electron chi connectivity index (χ2n) is 3.95. The maximum absolute atomic E-state index is 12.1. The van der Waals surface area contributed by atoms with Crippen LogP contribution in [-0.4, -0.2) is 26.5 Å². The van der Waals surface area contributed by atoms with Crippen LogP contribution in [0.2, 0.25) is 0 Å². The molecular formula is C13H14N4O. The van der Waals surface area contributed by atoms with E-state index in [9.17, 15) is 4.79 Å². The first kappa shape index (κ1) is 12.1. The van der Waals surface area contributed by atoms with Crippen molar-refractivity contribution in [3.05, 3.63) is 30.4 Å². The van der Waals surface area contributed by atoms with Crippen molar-refractivity contribution in [2.75, 3.05) is 0 Å². The van der Waals surface area contributed by atoms with Crippen LogP contribution < -0.4 is 5.32 Å². The van der Waals surface area contributed by atoms with E-state index < -0.39 is 0 Å². The van der Waals surface area contributed by atoms with Gasteiger partial charge in [0, 0.05) is 12.4 Å². The van der Waals surface area contributed by atoms with Crippen LogP contribution in [0.3, 0.4) is 0 Å². The van der Waals surface area contributed by atoms with Gasteiger partial charge < -0.3 is 5.32 Å². The van der Waals surface area contributed by atoms with Gasteiger partial charge in [-0.05, 0) is 6.42 Å². The minimum atomic E-state index is -0.242. The van der Waals surface area contributed by atoms with Crippen LogP contribution >= 0.6 is 0 Å². The van der Waals surface area contributed by atoms with Crippen molar-refractivity contribution in [3.63, 3.8) is 0 Å². The summed E-state index contributed by atoms with van der Waals surface area (Å²) in [6.07, 6.45) is 13.5. The lowest BCUT2D eigenvalue weighted by Gasteiger charge is -2.10. The molecule has 2 aromatic rings. The molecule has 5 nitrogen and oxygen atoms in total. The van der Waals surface area contributed by atoms with Crippen molar-refractivity contribution in [2.24, 2.45) is 0 Å². The predicted octanol–water partition coefficient (Wildman–Crippen LogP) is 1.26. The zero-order valence-corrected chi connectivity index (χ0v) is 10.1. The minimum Gasteiger partial charge on any atom is -0.338 e. The Morgan fingerprint density at radius 2 is 2.44 bits per heavy atom. The van der Waals surface area contributed by atoms with Crippen LogP contribution in [0.15, 0.2) is 24.8 Å². The molecule has 2 aromatic heterocycles. The fraction of sp³-hybridized carbons (Fsp3) is 0.308. The van der Waals surface area contributed by atoms with Crippen molar-refractivity contribution in [1.82, 2.24) is 19.9 Å². The third kappa shape index (κ3) is 2.33. The van der Waals surface area contributed by atoms with Crippen LogP contribution in [0.4, 0.5) is 0 Å². The molecule has 0 radical (unpaired) electrons. The molecule has 0 spiro atoms. The highest BCUT2D eigenvalue weighted by atomic mass is 16.1. The Balaban J connectivity index is 2.21. The van der Waals surface area contributed by atoms with E-state index in [2.05, 4.69) is 21.3 Å². The molecule has 0 aliphatic rings. The van der Waals surface area contributed by atoms with Gasteiger partial charge in [0.1, 0.15) is 0 Å². The number of fused-ring (bicyclic) bond motifs is 1. The van der Waals surface area contributed by atoms with Gasteiger partial charge in [0.05, 0.1) is 29.5 Å². The molecule has 5 heteroatoms. The summed E-state index contributed by atoms with van der Waals surface area (Å²) in [6, 6.07) is -0.242. The molecule has 18 heavy (non-hydrogen) atoms. The van der Waals surface area contributed by atoms with Crippen LogP contribution in [-0.2, 0) is 0 Å². The molecule has 2 rings (SSSR count). The standard InChI is InChI=1S/C13H14N4O/c1-3-5-10(4-2)16-13(18)11-8-15-17-7-6-14-9-12(11)17/h2,6-10H,3,5H2,1H3,(H,16,18). The summed E-state index contributed by atoms with van der Waals surface area (Å²) in [5.41, 5.74) is 1.15. The van der Waals surface area contributed by atoms with Gasteiger partial charge in [-0.2, -0.15) is 5.10 Å². The van der Waals surface area contributed by atoms with Gasteiger partial charge in [-0.15, -0.1) is 6.42 Å². The maximum Gasteiger partial charge on any atom is 0.256 e. The summed E-state index contributed by atoms with van der Waals surface area (Å²) in [4.78, 5) is 16.1. The molecule has 0 aromatic carbocycles. The van der Waals surface area contributed by atoms with E-state index in [1.54, 1.807) is 23.1 Å². The lowest BCUT2D eigenvalue weighted by atomic mass is 10.1. The first-order chi connectivity index (χ1) is 8.76. The Hall–Kier alpha value is -2.35. The maximum atomic E-state index is 12.1. The highest BCUT2D eigenvalue weighted by Gasteiger charge is 2.15. The Morgan fingerprint density at radius 1 is 1.61 bits per heavy atom. The van der Waals surface area contributed by atoms with Crippen molar-refractivity contribution in [2.45, 2.75) is 25.8 Å². The largest absolute Gasteiger partial charge is 0.338 e. The number of rotatable bonds is 4. The monoisotopic (exact) mass is 242 g/mol. The molecule has 0 saturated heterocycles. The Kier molecular flexibility index (Phi) is 3.58. The minimum absolute atomic E-state index is 0.214. The molecule has 0 aliphatic heterocycles. The SMILES string of the molecule is C#CC(CCC)NC(=O)c1cnn2ccncc12. The van der Waals surface area contributed by atoms with Gasteiger partial charge in [-0.1, -0.05) is 19.3 Å². The van der Waals surface area contributed by atoms with Gasteiger partial charge in [0.2, 0.25) is 0 Å². The summed E-state index contributed by atoms with van der Waals surface area (Å²) in [5.74, 6) is 2.36. The quantitative estimate of drug-likeness (QED) is 0.821. The van der Waals surface area contributed by atoms with Gasteiger partial charge in [0.25, 0.3) is 5.91 Å². The number of carbonyl (C=O) groups is 1. The van der Waals surface area contributed by atoms with E-state index in [4.69, 9.17) is 6.42 Å². The normalized spacial score (nSPS) is 12.0. The highest BCUT2D eigenvalue weighted by molar-refractivity contribution is 6.00. The predicted molar refractivity (Wildman–Crippen MR) is 68.0 cm³/mol.